The van der Waals surface area contributed by atoms with Gasteiger partial charge in [-0.15, -0.1) is 6.58 Å². The molecule has 0 unspecified atom stereocenters. The van der Waals surface area contributed by atoms with E-state index in [1.165, 1.54) is 5.56 Å². The van der Waals surface area contributed by atoms with Crippen molar-refractivity contribution in [3.63, 3.8) is 0 Å². The van der Waals surface area contributed by atoms with Gasteiger partial charge >= 0.3 is 0 Å². The Morgan fingerprint density at radius 2 is 1.92 bits per heavy atom. The van der Waals surface area contributed by atoms with Crippen molar-refractivity contribution in [3.8, 4) is 0 Å². The molecule has 4 nitrogen and oxygen atoms in total. The van der Waals surface area contributed by atoms with Gasteiger partial charge in [0.2, 0.25) is 5.91 Å². The van der Waals surface area contributed by atoms with Crippen LogP contribution in [0.4, 0.5) is 0 Å². The van der Waals surface area contributed by atoms with E-state index in [1.54, 1.807) is 6.08 Å². The predicted molar refractivity (Wildman–Crippen MR) is 104 cm³/mol. The quantitative estimate of drug-likeness (QED) is 0.652. The summed E-state index contributed by atoms with van der Waals surface area (Å²) in [6.07, 6.45) is 2.30. The minimum atomic E-state index is 0.112. The summed E-state index contributed by atoms with van der Waals surface area (Å²) in [6.45, 7) is 7.27. The lowest BCUT2D eigenvalue weighted by Gasteiger charge is -2.21. The summed E-state index contributed by atoms with van der Waals surface area (Å²) in [4.78, 5) is 19.2. The normalized spacial score (nSPS) is 18.4. The van der Waals surface area contributed by atoms with Gasteiger partial charge in [-0.1, -0.05) is 48.5 Å². The van der Waals surface area contributed by atoms with Gasteiger partial charge in [0, 0.05) is 25.4 Å². The molecule has 0 bridgehead atoms. The van der Waals surface area contributed by atoms with Crippen LogP contribution in [0, 0.1) is 0 Å². The number of para-hydroxylation sites is 2. The summed E-state index contributed by atoms with van der Waals surface area (Å²) in [5.74, 6) is 1.30. The van der Waals surface area contributed by atoms with E-state index in [0.29, 0.717) is 19.5 Å². The Labute approximate surface area is 153 Å². The van der Waals surface area contributed by atoms with E-state index in [9.17, 15) is 4.79 Å². The summed E-state index contributed by atoms with van der Waals surface area (Å²) in [7, 11) is 0. The molecule has 4 rings (SSSR count). The lowest BCUT2D eigenvalue weighted by atomic mass is 10.0. The highest BCUT2D eigenvalue weighted by Crippen LogP contribution is 2.34. The highest BCUT2D eigenvalue weighted by Gasteiger charge is 2.34. The van der Waals surface area contributed by atoms with E-state index in [4.69, 9.17) is 4.98 Å². The van der Waals surface area contributed by atoms with E-state index in [-0.39, 0.29) is 17.9 Å². The molecule has 1 saturated heterocycles. The van der Waals surface area contributed by atoms with E-state index >= 15 is 0 Å². The molecule has 0 saturated carbocycles. The van der Waals surface area contributed by atoms with E-state index in [1.807, 2.05) is 29.2 Å². The van der Waals surface area contributed by atoms with Crippen LogP contribution in [0.3, 0.4) is 0 Å². The first-order valence-electron chi connectivity index (χ1n) is 9.09. The van der Waals surface area contributed by atoms with Crippen LogP contribution in [0.25, 0.3) is 11.0 Å². The number of benzene rings is 2. The second kappa shape index (κ2) is 6.79. The van der Waals surface area contributed by atoms with Crippen LogP contribution in [0.1, 0.15) is 36.7 Å². The van der Waals surface area contributed by atoms with Gasteiger partial charge in [0.25, 0.3) is 0 Å². The second-order valence-electron chi connectivity index (χ2n) is 6.90. The number of hydrogen-bond acceptors (Lipinski definition) is 2. The Morgan fingerprint density at radius 3 is 2.69 bits per heavy atom. The van der Waals surface area contributed by atoms with Crippen molar-refractivity contribution in [1.29, 1.82) is 0 Å². The van der Waals surface area contributed by atoms with E-state index in [0.717, 1.165) is 16.9 Å². The standard InChI is InChI=1S/C22H23N3O/c1-3-13-24-15-18(14-21(24)26)22-23-19-11-7-8-12-20(19)25(22)16(2)17-9-5-4-6-10-17/h3-12,16,18H,1,13-15H2,2H3/t16-,18-/m0/s1. The average molecular weight is 345 g/mol. The molecule has 0 N–H and O–H groups in total. The van der Waals surface area contributed by atoms with Crippen molar-refractivity contribution in [2.75, 3.05) is 13.1 Å². The third kappa shape index (κ3) is 2.81. The van der Waals surface area contributed by atoms with Crippen molar-refractivity contribution in [1.82, 2.24) is 14.5 Å². The molecule has 1 aliphatic rings. The predicted octanol–water partition coefficient (Wildman–Crippen LogP) is 4.15. The second-order valence-corrected chi connectivity index (χ2v) is 6.90. The van der Waals surface area contributed by atoms with Crippen molar-refractivity contribution in [2.24, 2.45) is 0 Å². The van der Waals surface area contributed by atoms with Crippen LogP contribution >= 0.6 is 0 Å². The zero-order valence-corrected chi connectivity index (χ0v) is 15.0. The topological polar surface area (TPSA) is 38.1 Å². The molecule has 4 heteroatoms. The average Bonchev–Trinajstić information content (AvgIpc) is 3.23. The van der Waals surface area contributed by atoms with Gasteiger partial charge in [0.15, 0.2) is 0 Å². The number of rotatable bonds is 5. The van der Waals surface area contributed by atoms with Crippen LogP contribution in [-0.4, -0.2) is 33.4 Å². The van der Waals surface area contributed by atoms with Gasteiger partial charge in [0.05, 0.1) is 17.1 Å². The Balaban J connectivity index is 1.80. The van der Waals surface area contributed by atoms with Crippen molar-refractivity contribution < 1.29 is 4.79 Å². The van der Waals surface area contributed by atoms with Gasteiger partial charge in [-0.3, -0.25) is 4.79 Å². The Morgan fingerprint density at radius 1 is 1.19 bits per heavy atom. The molecule has 0 spiro atoms. The summed E-state index contributed by atoms with van der Waals surface area (Å²) < 4.78 is 2.31. The summed E-state index contributed by atoms with van der Waals surface area (Å²) in [5, 5.41) is 0. The van der Waals surface area contributed by atoms with Crippen LogP contribution in [0.2, 0.25) is 0 Å². The first-order chi connectivity index (χ1) is 12.7. The Hall–Kier alpha value is -2.88. The molecular formula is C22H23N3O. The zero-order valence-electron chi connectivity index (χ0n) is 15.0. The minimum Gasteiger partial charge on any atom is -0.338 e. The van der Waals surface area contributed by atoms with Crippen LogP contribution in [0.15, 0.2) is 67.3 Å². The van der Waals surface area contributed by atoms with Gasteiger partial charge in [-0.25, -0.2) is 4.98 Å². The molecule has 1 amide bonds. The first kappa shape index (κ1) is 16.6. The molecule has 26 heavy (non-hydrogen) atoms. The number of hydrogen-bond donors (Lipinski definition) is 0. The number of nitrogens with zero attached hydrogens (tertiary/aromatic N) is 3. The largest absolute Gasteiger partial charge is 0.338 e. The highest BCUT2D eigenvalue weighted by molar-refractivity contribution is 5.81. The molecule has 1 fully saturated rings. The number of carbonyl (C=O) groups excluding carboxylic acids is 1. The minimum absolute atomic E-state index is 0.112. The van der Waals surface area contributed by atoms with Crippen molar-refractivity contribution in [3.05, 3.63) is 78.6 Å². The molecule has 2 aromatic carbocycles. The van der Waals surface area contributed by atoms with Gasteiger partial charge < -0.3 is 9.47 Å². The number of imidazole rings is 1. The lowest BCUT2D eigenvalue weighted by molar-refractivity contribution is -0.127. The first-order valence-corrected chi connectivity index (χ1v) is 9.09. The molecule has 0 radical (unpaired) electrons. The fourth-order valence-corrected chi connectivity index (χ4v) is 3.92. The molecule has 132 valence electrons. The molecule has 1 aromatic heterocycles. The summed E-state index contributed by atoms with van der Waals surface area (Å²) in [6, 6.07) is 18.8. The van der Waals surface area contributed by atoms with Gasteiger partial charge in [0.1, 0.15) is 5.82 Å². The maximum atomic E-state index is 12.4. The molecule has 2 atom stereocenters. The van der Waals surface area contributed by atoms with Crippen LogP contribution in [0.5, 0.6) is 0 Å². The zero-order chi connectivity index (χ0) is 18.1. The summed E-state index contributed by atoms with van der Waals surface area (Å²) >= 11 is 0. The van der Waals surface area contributed by atoms with Gasteiger partial charge in [-0.05, 0) is 24.6 Å². The molecule has 3 aromatic rings. The van der Waals surface area contributed by atoms with Crippen molar-refractivity contribution in [2.45, 2.75) is 25.3 Å². The van der Waals surface area contributed by atoms with E-state index in [2.05, 4.69) is 48.4 Å². The highest BCUT2D eigenvalue weighted by atomic mass is 16.2. The van der Waals surface area contributed by atoms with Crippen molar-refractivity contribution >= 4 is 16.9 Å². The SMILES string of the molecule is C=CCN1C[C@@H](c2nc3ccccc3n2[C@@H](C)c2ccccc2)CC1=O. The third-order valence-electron chi connectivity index (χ3n) is 5.22. The molecule has 1 aliphatic heterocycles. The molecule has 0 aliphatic carbocycles. The van der Waals surface area contributed by atoms with Crippen LogP contribution < -0.4 is 0 Å². The maximum absolute atomic E-state index is 12.4. The fraction of sp³-hybridized carbons (Fsp3) is 0.273. The van der Waals surface area contributed by atoms with E-state index < -0.39 is 0 Å². The maximum Gasteiger partial charge on any atom is 0.223 e. The number of fused-ring (bicyclic) bond motifs is 1. The summed E-state index contributed by atoms with van der Waals surface area (Å²) in [5.41, 5.74) is 3.34. The number of likely N-dealkylation sites (tertiary alicyclic amines) is 1. The lowest BCUT2D eigenvalue weighted by Crippen LogP contribution is -2.25. The number of carbonyl (C=O) groups is 1. The third-order valence-corrected chi connectivity index (χ3v) is 5.22. The number of amides is 1. The molecule has 2 heterocycles. The molecular weight excluding hydrogens is 322 g/mol. The fourth-order valence-electron chi connectivity index (χ4n) is 3.92. The monoisotopic (exact) mass is 345 g/mol. The smallest absolute Gasteiger partial charge is 0.223 e. The Bertz CT molecular complexity index is 944. The van der Waals surface area contributed by atoms with Crippen LogP contribution in [-0.2, 0) is 4.79 Å². The van der Waals surface area contributed by atoms with Gasteiger partial charge in [-0.2, -0.15) is 0 Å². The Kier molecular flexibility index (Phi) is 4.33. The number of aromatic nitrogens is 2.